The molecule has 1 saturated heterocycles. The lowest BCUT2D eigenvalue weighted by atomic mass is 10.1. The highest BCUT2D eigenvalue weighted by molar-refractivity contribution is 5.95. The molecule has 1 aliphatic rings. The van der Waals surface area contributed by atoms with E-state index in [1.807, 2.05) is 0 Å². The van der Waals surface area contributed by atoms with Crippen LogP contribution in [0.5, 0.6) is 0 Å². The van der Waals surface area contributed by atoms with Crippen molar-refractivity contribution in [3.05, 3.63) is 35.1 Å². The average molecular weight is 263 g/mol. The minimum absolute atomic E-state index is 0.0640. The normalized spacial score (nSPS) is 18.7. The standard InChI is InChI=1S/C15H18FNO2/c1-10-5-6-13(14(16)8-10)15(19)17-7-3-4-12(17)9-11(2)18/h5-6,8,12H,3-4,7,9H2,1-2H3. The largest absolute Gasteiger partial charge is 0.335 e. The molecule has 1 aromatic rings. The van der Waals surface area contributed by atoms with Crippen LogP contribution in [-0.2, 0) is 4.79 Å². The fourth-order valence-corrected chi connectivity index (χ4v) is 2.60. The summed E-state index contributed by atoms with van der Waals surface area (Å²) in [4.78, 5) is 25.2. The lowest BCUT2D eigenvalue weighted by Crippen LogP contribution is -2.37. The highest BCUT2D eigenvalue weighted by Gasteiger charge is 2.31. The summed E-state index contributed by atoms with van der Waals surface area (Å²) >= 11 is 0. The van der Waals surface area contributed by atoms with Crippen molar-refractivity contribution < 1.29 is 14.0 Å². The van der Waals surface area contributed by atoms with E-state index in [0.29, 0.717) is 13.0 Å². The number of halogens is 1. The minimum atomic E-state index is -0.488. The number of carbonyl (C=O) groups is 2. The van der Waals surface area contributed by atoms with Crippen LogP contribution in [0.25, 0.3) is 0 Å². The number of hydrogen-bond donors (Lipinski definition) is 0. The zero-order valence-electron chi connectivity index (χ0n) is 11.3. The third kappa shape index (κ3) is 3.00. The quantitative estimate of drug-likeness (QED) is 0.841. The van der Waals surface area contributed by atoms with E-state index in [-0.39, 0.29) is 23.3 Å². The Morgan fingerprint density at radius 1 is 1.42 bits per heavy atom. The zero-order valence-corrected chi connectivity index (χ0v) is 11.3. The van der Waals surface area contributed by atoms with Gasteiger partial charge in [0.15, 0.2) is 0 Å². The predicted molar refractivity (Wildman–Crippen MR) is 70.5 cm³/mol. The maximum absolute atomic E-state index is 13.8. The summed E-state index contributed by atoms with van der Waals surface area (Å²) in [5.74, 6) is -0.728. The minimum Gasteiger partial charge on any atom is -0.335 e. The zero-order chi connectivity index (χ0) is 14.0. The Balaban J connectivity index is 2.20. The Hall–Kier alpha value is -1.71. The predicted octanol–water partition coefficient (Wildman–Crippen LogP) is 2.72. The lowest BCUT2D eigenvalue weighted by molar-refractivity contribution is -0.117. The van der Waals surface area contributed by atoms with Crippen molar-refractivity contribution in [2.24, 2.45) is 0 Å². The number of amides is 1. The molecule has 102 valence electrons. The van der Waals surface area contributed by atoms with E-state index >= 15 is 0 Å². The molecule has 1 aromatic carbocycles. The molecule has 19 heavy (non-hydrogen) atoms. The summed E-state index contributed by atoms with van der Waals surface area (Å²) in [6.07, 6.45) is 2.05. The van der Waals surface area contributed by atoms with Gasteiger partial charge in [-0.3, -0.25) is 9.59 Å². The van der Waals surface area contributed by atoms with Gasteiger partial charge in [-0.25, -0.2) is 4.39 Å². The Kier molecular flexibility index (Phi) is 3.98. The van der Waals surface area contributed by atoms with Crippen molar-refractivity contribution in [1.29, 1.82) is 0 Å². The van der Waals surface area contributed by atoms with Gasteiger partial charge in [0.25, 0.3) is 5.91 Å². The maximum Gasteiger partial charge on any atom is 0.257 e. The molecular formula is C15H18FNO2. The van der Waals surface area contributed by atoms with Gasteiger partial charge in [0.2, 0.25) is 0 Å². The number of likely N-dealkylation sites (tertiary alicyclic amines) is 1. The summed E-state index contributed by atoms with van der Waals surface area (Å²) in [7, 11) is 0. The van der Waals surface area contributed by atoms with Gasteiger partial charge >= 0.3 is 0 Å². The van der Waals surface area contributed by atoms with Crippen LogP contribution in [0.2, 0.25) is 0 Å². The third-order valence-electron chi connectivity index (χ3n) is 3.52. The van der Waals surface area contributed by atoms with E-state index in [0.717, 1.165) is 18.4 Å². The first-order chi connectivity index (χ1) is 8.99. The average Bonchev–Trinajstić information content (AvgIpc) is 2.75. The Morgan fingerprint density at radius 3 is 2.79 bits per heavy atom. The van der Waals surface area contributed by atoms with Gasteiger partial charge in [0, 0.05) is 19.0 Å². The highest BCUT2D eigenvalue weighted by Crippen LogP contribution is 2.24. The Bertz CT molecular complexity index is 513. The fraction of sp³-hybridized carbons (Fsp3) is 0.467. The summed E-state index contributed by atoms with van der Waals surface area (Å²) in [5, 5.41) is 0. The van der Waals surface area contributed by atoms with Crippen molar-refractivity contribution in [1.82, 2.24) is 4.90 Å². The molecule has 0 saturated carbocycles. The maximum atomic E-state index is 13.8. The van der Waals surface area contributed by atoms with Gasteiger partial charge in [-0.05, 0) is 44.4 Å². The van der Waals surface area contributed by atoms with Gasteiger partial charge in [-0.15, -0.1) is 0 Å². The molecule has 4 heteroatoms. The molecule has 0 spiro atoms. The topological polar surface area (TPSA) is 37.4 Å². The first-order valence-electron chi connectivity index (χ1n) is 6.55. The molecule has 0 radical (unpaired) electrons. The van der Waals surface area contributed by atoms with Crippen molar-refractivity contribution in [2.45, 2.75) is 39.2 Å². The van der Waals surface area contributed by atoms with Gasteiger partial charge in [-0.1, -0.05) is 6.07 Å². The van der Waals surface area contributed by atoms with E-state index in [4.69, 9.17) is 0 Å². The lowest BCUT2D eigenvalue weighted by Gasteiger charge is -2.24. The molecule has 0 bridgehead atoms. The number of nitrogens with zero attached hydrogens (tertiary/aromatic N) is 1. The van der Waals surface area contributed by atoms with Crippen molar-refractivity contribution in [3.8, 4) is 0 Å². The molecule has 1 heterocycles. The van der Waals surface area contributed by atoms with Gasteiger partial charge in [0.1, 0.15) is 11.6 Å². The molecule has 1 aliphatic heterocycles. The Labute approximate surface area is 112 Å². The van der Waals surface area contributed by atoms with Crippen LogP contribution in [0.15, 0.2) is 18.2 Å². The van der Waals surface area contributed by atoms with Crippen LogP contribution in [0, 0.1) is 12.7 Å². The van der Waals surface area contributed by atoms with Gasteiger partial charge < -0.3 is 4.90 Å². The molecule has 0 N–H and O–H groups in total. The second kappa shape index (κ2) is 5.51. The van der Waals surface area contributed by atoms with E-state index in [9.17, 15) is 14.0 Å². The summed E-state index contributed by atoms with van der Waals surface area (Å²) < 4.78 is 13.8. The van der Waals surface area contributed by atoms with E-state index in [1.165, 1.54) is 19.1 Å². The van der Waals surface area contributed by atoms with Gasteiger partial charge in [0.05, 0.1) is 5.56 Å². The van der Waals surface area contributed by atoms with Crippen LogP contribution < -0.4 is 0 Å². The number of ketones is 1. The number of Topliss-reactive ketones (excluding diaryl/α,β-unsaturated/α-hetero) is 1. The fourth-order valence-electron chi connectivity index (χ4n) is 2.60. The number of aryl methyl sites for hydroxylation is 1. The van der Waals surface area contributed by atoms with Crippen LogP contribution >= 0.6 is 0 Å². The molecule has 0 aliphatic carbocycles. The van der Waals surface area contributed by atoms with Crippen molar-refractivity contribution >= 4 is 11.7 Å². The van der Waals surface area contributed by atoms with Crippen molar-refractivity contribution in [2.75, 3.05) is 6.54 Å². The Morgan fingerprint density at radius 2 is 2.16 bits per heavy atom. The van der Waals surface area contributed by atoms with Crippen LogP contribution in [0.1, 0.15) is 42.1 Å². The van der Waals surface area contributed by atoms with Crippen molar-refractivity contribution in [3.63, 3.8) is 0 Å². The molecule has 3 nitrogen and oxygen atoms in total. The molecular weight excluding hydrogens is 245 g/mol. The number of rotatable bonds is 3. The SMILES string of the molecule is CC(=O)CC1CCCN1C(=O)c1ccc(C)cc1F. The number of carbonyl (C=O) groups excluding carboxylic acids is 2. The highest BCUT2D eigenvalue weighted by atomic mass is 19.1. The third-order valence-corrected chi connectivity index (χ3v) is 3.52. The van der Waals surface area contributed by atoms with E-state index in [2.05, 4.69) is 0 Å². The van der Waals surface area contributed by atoms with Crippen LogP contribution in [0.3, 0.4) is 0 Å². The number of benzene rings is 1. The molecule has 0 aromatic heterocycles. The second-order valence-corrected chi connectivity index (χ2v) is 5.18. The molecule has 1 amide bonds. The van der Waals surface area contributed by atoms with Gasteiger partial charge in [-0.2, -0.15) is 0 Å². The molecule has 1 fully saturated rings. The van der Waals surface area contributed by atoms with E-state index in [1.54, 1.807) is 17.9 Å². The first-order valence-corrected chi connectivity index (χ1v) is 6.55. The van der Waals surface area contributed by atoms with Crippen LogP contribution in [0.4, 0.5) is 4.39 Å². The summed E-state index contributed by atoms with van der Waals surface area (Å²) in [6.45, 7) is 3.91. The number of hydrogen-bond acceptors (Lipinski definition) is 2. The first kappa shape index (κ1) is 13.7. The van der Waals surface area contributed by atoms with E-state index < -0.39 is 5.82 Å². The summed E-state index contributed by atoms with van der Waals surface area (Å²) in [6, 6.07) is 4.54. The monoisotopic (exact) mass is 263 g/mol. The van der Waals surface area contributed by atoms with Crippen LogP contribution in [-0.4, -0.2) is 29.2 Å². The molecule has 1 unspecified atom stereocenters. The summed E-state index contributed by atoms with van der Waals surface area (Å²) in [5.41, 5.74) is 0.886. The smallest absolute Gasteiger partial charge is 0.257 e. The second-order valence-electron chi connectivity index (χ2n) is 5.18. The molecule has 1 atom stereocenters. The molecule has 2 rings (SSSR count).